The molecule has 1 amide bonds. The fourth-order valence-electron chi connectivity index (χ4n) is 2.28. The van der Waals surface area contributed by atoms with Gasteiger partial charge in [-0.25, -0.2) is 9.18 Å². The second kappa shape index (κ2) is 7.73. The minimum absolute atomic E-state index is 0.308. The summed E-state index contributed by atoms with van der Waals surface area (Å²) in [4.78, 5) is 24.0. The van der Waals surface area contributed by atoms with E-state index in [-0.39, 0.29) is 18.5 Å². The molecule has 2 rings (SSSR count). The Morgan fingerprint density at radius 1 is 1.12 bits per heavy atom. The van der Waals surface area contributed by atoms with Crippen molar-refractivity contribution < 1.29 is 18.7 Å². The van der Waals surface area contributed by atoms with Crippen LogP contribution in [-0.2, 0) is 9.53 Å². The average Bonchev–Trinajstić information content (AvgIpc) is 2.55. The lowest BCUT2D eigenvalue weighted by Crippen LogP contribution is -2.31. The van der Waals surface area contributed by atoms with Crippen molar-refractivity contribution in [3.8, 4) is 0 Å². The zero-order valence-electron chi connectivity index (χ0n) is 13.9. The van der Waals surface area contributed by atoms with Crippen molar-refractivity contribution in [2.24, 2.45) is 0 Å². The lowest BCUT2D eigenvalue weighted by Gasteiger charge is -2.14. The van der Waals surface area contributed by atoms with Crippen molar-refractivity contribution in [2.75, 3.05) is 6.61 Å². The van der Waals surface area contributed by atoms with Gasteiger partial charge in [0, 0.05) is 0 Å². The van der Waals surface area contributed by atoms with Gasteiger partial charge in [-0.2, -0.15) is 0 Å². The van der Waals surface area contributed by atoms with E-state index >= 15 is 0 Å². The molecule has 0 fully saturated rings. The smallest absolute Gasteiger partial charge is 0.338 e. The Labute approximate surface area is 140 Å². The second-order valence-corrected chi connectivity index (χ2v) is 5.74. The summed E-state index contributed by atoms with van der Waals surface area (Å²) in [6.07, 6.45) is 0. The summed E-state index contributed by atoms with van der Waals surface area (Å²) in [5.41, 5.74) is 2.97. The molecule has 5 heteroatoms. The van der Waals surface area contributed by atoms with Gasteiger partial charge in [0.05, 0.1) is 11.6 Å². The molecule has 0 saturated carbocycles. The van der Waals surface area contributed by atoms with Crippen LogP contribution in [0.4, 0.5) is 4.39 Å². The Morgan fingerprint density at radius 2 is 1.79 bits per heavy atom. The maximum absolute atomic E-state index is 12.9. The SMILES string of the molecule is Cc1ccc(C)c(C(=O)OCC(=O)NC(C)c2ccc(F)cc2)c1. The Bertz CT molecular complexity index is 741. The van der Waals surface area contributed by atoms with Crippen molar-refractivity contribution in [1.29, 1.82) is 0 Å². The van der Waals surface area contributed by atoms with Gasteiger partial charge in [0.1, 0.15) is 5.82 Å². The molecule has 4 nitrogen and oxygen atoms in total. The van der Waals surface area contributed by atoms with E-state index in [1.54, 1.807) is 25.1 Å². The number of rotatable bonds is 5. The van der Waals surface area contributed by atoms with Crippen LogP contribution >= 0.6 is 0 Å². The van der Waals surface area contributed by atoms with Crippen LogP contribution in [0.5, 0.6) is 0 Å². The molecule has 0 saturated heterocycles. The van der Waals surface area contributed by atoms with Crippen LogP contribution in [0.1, 0.15) is 40.0 Å². The normalized spacial score (nSPS) is 11.7. The van der Waals surface area contributed by atoms with Crippen molar-refractivity contribution in [3.05, 3.63) is 70.5 Å². The number of aryl methyl sites for hydroxylation is 2. The molecule has 0 aromatic heterocycles. The number of hydrogen-bond donors (Lipinski definition) is 1. The molecule has 1 unspecified atom stereocenters. The molecule has 0 heterocycles. The van der Waals surface area contributed by atoms with E-state index < -0.39 is 11.9 Å². The maximum Gasteiger partial charge on any atom is 0.338 e. The van der Waals surface area contributed by atoms with Crippen LogP contribution in [0.2, 0.25) is 0 Å². The van der Waals surface area contributed by atoms with Gasteiger partial charge in [-0.3, -0.25) is 4.79 Å². The van der Waals surface area contributed by atoms with Gasteiger partial charge in [-0.05, 0) is 50.1 Å². The molecule has 24 heavy (non-hydrogen) atoms. The molecule has 0 spiro atoms. The first-order chi connectivity index (χ1) is 11.4. The lowest BCUT2D eigenvalue weighted by atomic mass is 10.1. The number of hydrogen-bond acceptors (Lipinski definition) is 3. The molecule has 2 aromatic rings. The first-order valence-corrected chi connectivity index (χ1v) is 7.66. The number of ether oxygens (including phenoxy) is 1. The van der Waals surface area contributed by atoms with Gasteiger partial charge in [-0.1, -0.05) is 29.8 Å². The second-order valence-electron chi connectivity index (χ2n) is 5.74. The Morgan fingerprint density at radius 3 is 2.46 bits per heavy atom. The molecular formula is C19H20FNO3. The molecule has 0 aliphatic heterocycles. The highest BCUT2D eigenvalue weighted by atomic mass is 19.1. The third-order valence-corrected chi connectivity index (χ3v) is 3.69. The highest BCUT2D eigenvalue weighted by Crippen LogP contribution is 2.14. The van der Waals surface area contributed by atoms with Crippen molar-refractivity contribution >= 4 is 11.9 Å². The highest BCUT2D eigenvalue weighted by Gasteiger charge is 2.15. The number of benzene rings is 2. The zero-order valence-corrected chi connectivity index (χ0v) is 13.9. The zero-order chi connectivity index (χ0) is 17.7. The number of nitrogens with one attached hydrogen (secondary N) is 1. The van der Waals surface area contributed by atoms with Crippen molar-refractivity contribution in [2.45, 2.75) is 26.8 Å². The number of carbonyl (C=O) groups is 2. The van der Waals surface area contributed by atoms with Crippen LogP contribution in [0.25, 0.3) is 0 Å². The van der Waals surface area contributed by atoms with Gasteiger partial charge < -0.3 is 10.1 Å². The molecule has 0 bridgehead atoms. The third-order valence-electron chi connectivity index (χ3n) is 3.69. The molecule has 0 aliphatic rings. The molecule has 1 N–H and O–H groups in total. The van der Waals surface area contributed by atoms with Crippen LogP contribution in [0.3, 0.4) is 0 Å². The monoisotopic (exact) mass is 329 g/mol. The van der Waals surface area contributed by atoms with Gasteiger partial charge in [0.25, 0.3) is 5.91 Å². The molecule has 0 radical (unpaired) electrons. The predicted molar refractivity (Wildman–Crippen MR) is 89.2 cm³/mol. The fraction of sp³-hybridized carbons (Fsp3) is 0.263. The lowest BCUT2D eigenvalue weighted by molar-refractivity contribution is -0.124. The number of esters is 1. The molecule has 1 atom stereocenters. The predicted octanol–water partition coefficient (Wildman–Crippen LogP) is 3.48. The van der Waals surface area contributed by atoms with Gasteiger partial charge in [0.2, 0.25) is 0 Å². The largest absolute Gasteiger partial charge is 0.452 e. The highest BCUT2D eigenvalue weighted by molar-refractivity contribution is 5.92. The quantitative estimate of drug-likeness (QED) is 0.855. The van der Waals surface area contributed by atoms with E-state index in [0.717, 1.165) is 16.7 Å². The summed E-state index contributed by atoms with van der Waals surface area (Å²) in [7, 11) is 0. The topological polar surface area (TPSA) is 55.4 Å². The van der Waals surface area contributed by atoms with E-state index in [2.05, 4.69) is 5.32 Å². The first kappa shape index (κ1) is 17.7. The van der Waals surface area contributed by atoms with Crippen LogP contribution in [-0.4, -0.2) is 18.5 Å². The molecular weight excluding hydrogens is 309 g/mol. The Balaban J connectivity index is 1.89. The van der Waals surface area contributed by atoms with Crippen molar-refractivity contribution in [1.82, 2.24) is 5.32 Å². The van der Waals surface area contributed by atoms with Crippen LogP contribution in [0.15, 0.2) is 42.5 Å². The maximum atomic E-state index is 12.9. The van der Waals surface area contributed by atoms with Gasteiger partial charge >= 0.3 is 5.97 Å². The van der Waals surface area contributed by atoms with Crippen LogP contribution in [0, 0.1) is 19.7 Å². The van der Waals surface area contributed by atoms with Crippen molar-refractivity contribution in [3.63, 3.8) is 0 Å². The van der Waals surface area contributed by atoms with E-state index in [1.807, 2.05) is 26.0 Å². The fourth-order valence-corrected chi connectivity index (χ4v) is 2.28. The summed E-state index contributed by atoms with van der Waals surface area (Å²) >= 11 is 0. The Kier molecular flexibility index (Phi) is 5.68. The van der Waals surface area contributed by atoms with Crippen LogP contribution < -0.4 is 5.32 Å². The molecule has 0 aliphatic carbocycles. The number of amides is 1. The summed E-state index contributed by atoms with van der Waals surface area (Å²) in [6, 6.07) is 11.0. The van der Waals surface area contributed by atoms with Gasteiger partial charge in [0.15, 0.2) is 6.61 Å². The third kappa shape index (κ3) is 4.65. The summed E-state index contributed by atoms with van der Waals surface area (Å²) < 4.78 is 18.0. The standard InChI is InChI=1S/C19H20FNO3/c1-12-4-5-13(2)17(10-12)19(23)24-11-18(22)21-14(3)15-6-8-16(20)9-7-15/h4-10,14H,11H2,1-3H3,(H,21,22). The summed E-state index contributed by atoms with van der Waals surface area (Å²) in [5, 5.41) is 2.71. The van der Waals surface area contributed by atoms with E-state index in [1.165, 1.54) is 12.1 Å². The average molecular weight is 329 g/mol. The Hall–Kier alpha value is -2.69. The molecule has 126 valence electrons. The summed E-state index contributed by atoms with van der Waals surface area (Å²) in [5.74, 6) is -1.27. The van der Waals surface area contributed by atoms with E-state index in [9.17, 15) is 14.0 Å². The van der Waals surface area contributed by atoms with Gasteiger partial charge in [-0.15, -0.1) is 0 Å². The first-order valence-electron chi connectivity index (χ1n) is 7.66. The minimum Gasteiger partial charge on any atom is -0.452 e. The molecule has 2 aromatic carbocycles. The minimum atomic E-state index is -0.527. The summed E-state index contributed by atoms with van der Waals surface area (Å²) in [6.45, 7) is 5.11. The van der Waals surface area contributed by atoms with E-state index in [0.29, 0.717) is 5.56 Å². The number of carbonyl (C=O) groups excluding carboxylic acids is 2. The number of halogens is 1. The van der Waals surface area contributed by atoms with E-state index in [4.69, 9.17) is 4.74 Å².